The van der Waals surface area contributed by atoms with E-state index >= 15 is 0 Å². The summed E-state index contributed by atoms with van der Waals surface area (Å²) in [5.41, 5.74) is 1.22. The lowest BCUT2D eigenvalue weighted by molar-refractivity contribution is 0.380. The number of fused-ring (bicyclic) bond motifs is 1. The smallest absolute Gasteiger partial charge is 0.155 e. The first-order chi connectivity index (χ1) is 6.12. The number of sulfone groups is 1. The van der Waals surface area contributed by atoms with Crippen LogP contribution in [0.15, 0.2) is 4.52 Å². The van der Waals surface area contributed by atoms with Crippen LogP contribution in [-0.4, -0.2) is 19.3 Å². The maximum Gasteiger partial charge on any atom is 0.155 e. The maximum absolute atomic E-state index is 11.3. The summed E-state index contributed by atoms with van der Waals surface area (Å²) in [6.07, 6.45) is 0.418. The molecule has 1 aromatic rings. The quantitative estimate of drug-likeness (QED) is 0.661. The fourth-order valence-corrected chi connectivity index (χ4v) is 3.01. The van der Waals surface area contributed by atoms with Crippen molar-refractivity contribution in [3.8, 4) is 0 Å². The minimum Gasteiger partial charge on any atom is -0.361 e. The van der Waals surface area contributed by atoms with Gasteiger partial charge < -0.3 is 4.52 Å². The van der Waals surface area contributed by atoms with Crippen LogP contribution in [0.1, 0.15) is 17.0 Å². The van der Waals surface area contributed by atoms with Crippen LogP contribution in [0.5, 0.6) is 0 Å². The molecule has 0 fully saturated rings. The summed E-state index contributed by atoms with van der Waals surface area (Å²) in [6, 6.07) is 0. The highest BCUT2D eigenvalue weighted by Crippen LogP contribution is 2.24. The van der Waals surface area contributed by atoms with Crippen LogP contribution in [0.2, 0.25) is 0 Å². The number of rotatable bonds is 1. The molecule has 2 heterocycles. The number of alkyl halides is 1. The Hall–Kier alpha value is -0.550. The van der Waals surface area contributed by atoms with E-state index in [2.05, 4.69) is 5.16 Å². The minimum atomic E-state index is -2.96. The average Bonchev–Trinajstić information content (AvgIpc) is 2.44. The molecule has 0 spiro atoms. The van der Waals surface area contributed by atoms with E-state index in [0.29, 0.717) is 23.4 Å². The van der Waals surface area contributed by atoms with Crippen molar-refractivity contribution in [3.63, 3.8) is 0 Å². The summed E-state index contributed by atoms with van der Waals surface area (Å²) >= 11 is 5.58. The molecule has 0 N–H and O–H groups in total. The molecular formula is C7H8ClNO3S. The molecule has 0 bridgehead atoms. The van der Waals surface area contributed by atoms with Crippen LogP contribution in [-0.2, 0) is 27.9 Å². The number of nitrogens with zero attached hydrogens (tertiary/aromatic N) is 1. The highest BCUT2D eigenvalue weighted by Gasteiger charge is 2.27. The molecule has 4 nitrogen and oxygen atoms in total. The average molecular weight is 222 g/mol. The van der Waals surface area contributed by atoms with Crippen molar-refractivity contribution in [1.29, 1.82) is 0 Å². The van der Waals surface area contributed by atoms with Crippen molar-refractivity contribution in [3.05, 3.63) is 17.0 Å². The van der Waals surface area contributed by atoms with Gasteiger partial charge in [0.25, 0.3) is 0 Å². The van der Waals surface area contributed by atoms with Gasteiger partial charge in [0.15, 0.2) is 9.84 Å². The lowest BCUT2D eigenvalue weighted by Gasteiger charge is -2.09. The molecule has 0 amide bonds. The zero-order chi connectivity index (χ0) is 9.47. The van der Waals surface area contributed by atoms with E-state index in [-0.39, 0.29) is 17.4 Å². The molecule has 0 aliphatic carbocycles. The molecule has 13 heavy (non-hydrogen) atoms. The Morgan fingerprint density at radius 1 is 1.54 bits per heavy atom. The molecule has 0 saturated heterocycles. The van der Waals surface area contributed by atoms with Gasteiger partial charge in [0.1, 0.15) is 11.5 Å². The van der Waals surface area contributed by atoms with Gasteiger partial charge in [-0.1, -0.05) is 5.16 Å². The molecule has 72 valence electrons. The fraction of sp³-hybridized carbons (Fsp3) is 0.571. The van der Waals surface area contributed by atoms with Gasteiger partial charge in [-0.25, -0.2) is 8.42 Å². The number of hydrogen-bond donors (Lipinski definition) is 0. The molecule has 0 atom stereocenters. The second kappa shape index (κ2) is 2.99. The molecule has 1 aliphatic heterocycles. The monoisotopic (exact) mass is 221 g/mol. The minimum absolute atomic E-state index is 0.0217. The van der Waals surface area contributed by atoms with Crippen LogP contribution >= 0.6 is 11.6 Å². The Bertz CT molecular complexity index is 409. The van der Waals surface area contributed by atoms with Crippen molar-refractivity contribution in [2.24, 2.45) is 0 Å². The Labute approximate surface area is 80.8 Å². The van der Waals surface area contributed by atoms with Gasteiger partial charge in [-0.15, -0.1) is 11.6 Å². The lowest BCUT2D eigenvalue weighted by Crippen LogP contribution is -2.18. The zero-order valence-electron chi connectivity index (χ0n) is 6.79. The third kappa shape index (κ3) is 1.58. The van der Waals surface area contributed by atoms with E-state index in [1.165, 1.54) is 0 Å². The van der Waals surface area contributed by atoms with E-state index in [4.69, 9.17) is 16.1 Å². The summed E-state index contributed by atoms with van der Waals surface area (Å²) in [4.78, 5) is 0. The Balaban J connectivity index is 2.47. The highest BCUT2D eigenvalue weighted by atomic mass is 35.5. The second-order valence-corrected chi connectivity index (χ2v) is 5.46. The van der Waals surface area contributed by atoms with Crippen molar-refractivity contribution in [2.75, 3.05) is 5.75 Å². The molecule has 2 rings (SSSR count). The first-order valence-corrected chi connectivity index (χ1v) is 6.20. The van der Waals surface area contributed by atoms with Gasteiger partial charge in [-0.3, -0.25) is 0 Å². The zero-order valence-corrected chi connectivity index (χ0v) is 8.36. The van der Waals surface area contributed by atoms with Gasteiger partial charge in [-0.2, -0.15) is 0 Å². The Morgan fingerprint density at radius 3 is 3.00 bits per heavy atom. The number of aromatic nitrogens is 1. The fourth-order valence-electron chi connectivity index (χ4n) is 1.39. The molecule has 6 heteroatoms. The van der Waals surface area contributed by atoms with Crippen molar-refractivity contribution >= 4 is 21.4 Å². The number of hydrogen-bond acceptors (Lipinski definition) is 4. The predicted octanol–water partition coefficient (Wildman–Crippen LogP) is 0.884. The summed E-state index contributed by atoms with van der Waals surface area (Å²) < 4.78 is 27.5. The third-order valence-electron chi connectivity index (χ3n) is 2.08. The molecule has 1 aromatic heterocycles. The van der Waals surface area contributed by atoms with E-state index < -0.39 is 9.84 Å². The predicted molar refractivity (Wildman–Crippen MR) is 47.3 cm³/mol. The first kappa shape index (κ1) is 9.02. The molecule has 0 radical (unpaired) electrons. The maximum atomic E-state index is 11.3. The van der Waals surface area contributed by atoms with Crippen molar-refractivity contribution < 1.29 is 12.9 Å². The van der Waals surface area contributed by atoms with Gasteiger partial charge in [0, 0.05) is 12.0 Å². The first-order valence-electron chi connectivity index (χ1n) is 3.85. The molecule has 0 saturated carbocycles. The molecule has 0 unspecified atom stereocenters. The normalized spacial score (nSPS) is 19.8. The van der Waals surface area contributed by atoms with Gasteiger partial charge in [0.05, 0.1) is 17.4 Å². The van der Waals surface area contributed by atoms with Crippen LogP contribution in [0.25, 0.3) is 0 Å². The topological polar surface area (TPSA) is 60.2 Å². The van der Waals surface area contributed by atoms with Crippen molar-refractivity contribution in [1.82, 2.24) is 5.16 Å². The van der Waals surface area contributed by atoms with Crippen LogP contribution in [0.3, 0.4) is 0 Å². The SMILES string of the molecule is O=S1(=O)CCc2onc(CCl)c2C1. The Kier molecular flexibility index (Phi) is 2.08. The van der Waals surface area contributed by atoms with Crippen LogP contribution < -0.4 is 0 Å². The van der Waals surface area contributed by atoms with Crippen molar-refractivity contribution in [2.45, 2.75) is 18.1 Å². The van der Waals surface area contributed by atoms with E-state index in [0.717, 1.165) is 0 Å². The lowest BCUT2D eigenvalue weighted by atomic mass is 10.2. The largest absolute Gasteiger partial charge is 0.361 e. The highest BCUT2D eigenvalue weighted by molar-refractivity contribution is 7.90. The van der Waals surface area contributed by atoms with E-state index in [1.54, 1.807) is 0 Å². The second-order valence-electron chi connectivity index (χ2n) is 3.01. The van der Waals surface area contributed by atoms with Gasteiger partial charge in [-0.05, 0) is 0 Å². The van der Waals surface area contributed by atoms with Gasteiger partial charge >= 0.3 is 0 Å². The Morgan fingerprint density at radius 2 is 2.31 bits per heavy atom. The number of aryl methyl sites for hydroxylation is 1. The number of halogens is 1. The molecule has 1 aliphatic rings. The van der Waals surface area contributed by atoms with Crippen LogP contribution in [0, 0.1) is 0 Å². The van der Waals surface area contributed by atoms with Crippen LogP contribution in [0.4, 0.5) is 0 Å². The standard InChI is InChI=1S/C7H8ClNO3S/c8-3-6-5-4-13(10,11)2-1-7(5)12-9-6/h1-4H2. The third-order valence-corrected chi connectivity index (χ3v) is 3.89. The summed E-state index contributed by atoms with van der Waals surface area (Å²) in [6.45, 7) is 0. The molecular weight excluding hydrogens is 214 g/mol. The summed E-state index contributed by atoms with van der Waals surface area (Å²) in [7, 11) is -2.96. The molecule has 0 aromatic carbocycles. The van der Waals surface area contributed by atoms with E-state index in [1.807, 2.05) is 0 Å². The summed E-state index contributed by atoms with van der Waals surface area (Å²) in [5, 5.41) is 3.71. The summed E-state index contributed by atoms with van der Waals surface area (Å²) in [5.74, 6) is 1.05. The van der Waals surface area contributed by atoms with Gasteiger partial charge in [0.2, 0.25) is 0 Å². The van der Waals surface area contributed by atoms with E-state index in [9.17, 15) is 8.42 Å².